The molecule has 1 N–H and O–H groups in total. The van der Waals surface area contributed by atoms with Gasteiger partial charge in [0.1, 0.15) is 0 Å². The van der Waals surface area contributed by atoms with Crippen molar-refractivity contribution in [3.63, 3.8) is 0 Å². The number of rotatable bonds is 5. The van der Waals surface area contributed by atoms with E-state index in [9.17, 15) is 9.59 Å². The molecule has 0 aliphatic rings. The van der Waals surface area contributed by atoms with Gasteiger partial charge in [-0.25, -0.2) is 0 Å². The Morgan fingerprint density at radius 3 is 1.96 bits per heavy atom. The maximum atomic E-state index is 12.3. The van der Waals surface area contributed by atoms with E-state index in [0.29, 0.717) is 17.7 Å². The van der Waals surface area contributed by atoms with Crippen LogP contribution >= 0.6 is 0 Å². The molecule has 0 aliphatic carbocycles. The summed E-state index contributed by atoms with van der Waals surface area (Å²) < 4.78 is 0. The number of carbonyl (C=O) groups is 2. The first-order valence-corrected chi connectivity index (χ1v) is 7.74. The minimum Gasteiger partial charge on any atom is -0.378 e. The standard InChI is InChI=1S/C19H23N3O2/c1-21(2)17-11-7-15(8-12-17)19(24)20-16-9-5-14(6-10-16)13-18(23)22(3)4/h5-12H,13H2,1-4H3,(H,20,24). The van der Waals surface area contributed by atoms with Crippen LogP contribution in [0.25, 0.3) is 0 Å². The van der Waals surface area contributed by atoms with Crippen LogP contribution in [0, 0.1) is 0 Å². The number of anilines is 2. The monoisotopic (exact) mass is 325 g/mol. The number of hydrogen-bond acceptors (Lipinski definition) is 3. The van der Waals surface area contributed by atoms with Crippen molar-refractivity contribution in [2.75, 3.05) is 38.4 Å². The van der Waals surface area contributed by atoms with E-state index in [4.69, 9.17) is 0 Å². The van der Waals surface area contributed by atoms with Crippen LogP contribution in [0.5, 0.6) is 0 Å². The third-order valence-electron chi connectivity index (χ3n) is 3.71. The molecular formula is C19H23N3O2. The van der Waals surface area contributed by atoms with Crippen LogP contribution < -0.4 is 10.2 Å². The van der Waals surface area contributed by atoms with Crippen molar-refractivity contribution in [3.8, 4) is 0 Å². The minimum absolute atomic E-state index is 0.0489. The normalized spacial score (nSPS) is 10.2. The number of benzene rings is 2. The highest BCUT2D eigenvalue weighted by molar-refractivity contribution is 6.04. The van der Waals surface area contributed by atoms with Crippen molar-refractivity contribution < 1.29 is 9.59 Å². The fraction of sp³-hybridized carbons (Fsp3) is 0.263. The maximum absolute atomic E-state index is 12.3. The van der Waals surface area contributed by atoms with Crippen molar-refractivity contribution in [3.05, 3.63) is 59.7 Å². The lowest BCUT2D eigenvalue weighted by atomic mass is 10.1. The van der Waals surface area contributed by atoms with Gasteiger partial charge >= 0.3 is 0 Å². The first-order valence-electron chi connectivity index (χ1n) is 7.74. The highest BCUT2D eigenvalue weighted by Gasteiger charge is 2.08. The fourth-order valence-electron chi connectivity index (χ4n) is 2.15. The molecule has 5 nitrogen and oxygen atoms in total. The zero-order valence-corrected chi connectivity index (χ0v) is 14.5. The number of nitrogens with zero attached hydrogens (tertiary/aromatic N) is 2. The average Bonchev–Trinajstić information content (AvgIpc) is 2.56. The highest BCUT2D eigenvalue weighted by atomic mass is 16.2. The second kappa shape index (κ2) is 7.64. The van der Waals surface area contributed by atoms with Gasteiger partial charge in [-0.05, 0) is 42.0 Å². The Morgan fingerprint density at radius 1 is 0.875 bits per heavy atom. The van der Waals surface area contributed by atoms with Gasteiger partial charge in [-0.3, -0.25) is 9.59 Å². The van der Waals surface area contributed by atoms with E-state index in [1.54, 1.807) is 31.1 Å². The second-order valence-electron chi connectivity index (χ2n) is 6.06. The van der Waals surface area contributed by atoms with Crippen LogP contribution in [-0.2, 0) is 11.2 Å². The van der Waals surface area contributed by atoms with Gasteiger partial charge in [0, 0.05) is 45.1 Å². The fourth-order valence-corrected chi connectivity index (χ4v) is 2.15. The van der Waals surface area contributed by atoms with Crippen LogP contribution in [0.4, 0.5) is 11.4 Å². The van der Waals surface area contributed by atoms with Crippen molar-refractivity contribution >= 4 is 23.2 Å². The zero-order valence-electron chi connectivity index (χ0n) is 14.5. The largest absolute Gasteiger partial charge is 0.378 e. The van der Waals surface area contributed by atoms with Gasteiger partial charge in [0.15, 0.2) is 0 Å². The summed E-state index contributed by atoms with van der Waals surface area (Å²) in [5.74, 6) is -0.106. The quantitative estimate of drug-likeness (QED) is 0.919. The maximum Gasteiger partial charge on any atom is 0.255 e. The topological polar surface area (TPSA) is 52.7 Å². The molecule has 0 radical (unpaired) electrons. The molecule has 0 saturated heterocycles. The number of nitrogens with one attached hydrogen (secondary N) is 1. The first kappa shape index (κ1) is 17.5. The summed E-state index contributed by atoms with van der Waals surface area (Å²) in [7, 11) is 7.38. The molecule has 2 rings (SSSR count). The number of carbonyl (C=O) groups excluding carboxylic acids is 2. The third-order valence-corrected chi connectivity index (χ3v) is 3.71. The molecule has 126 valence electrons. The minimum atomic E-state index is -0.155. The summed E-state index contributed by atoms with van der Waals surface area (Å²) in [5, 5.41) is 2.86. The summed E-state index contributed by atoms with van der Waals surface area (Å²) in [5.41, 5.74) is 3.27. The van der Waals surface area contributed by atoms with Crippen molar-refractivity contribution in [2.45, 2.75) is 6.42 Å². The Bertz CT molecular complexity index is 704. The van der Waals surface area contributed by atoms with E-state index < -0.39 is 0 Å². The van der Waals surface area contributed by atoms with Crippen LogP contribution in [0.2, 0.25) is 0 Å². The lowest BCUT2D eigenvalue weighted by Crippen LogP contribution is -2.23. The van der Waals surface area contributed by atoms with Crippen LogP contribution in [0.1, 0.15) is 15.9 Å². The van der Waals surface area contributed by atoms with E-state index in [2.05, 4.69) is 5.32 Å². The lowest BCUT2D eigenvalue weighted by Gasteiger charge is -2.13. The SMILES string of the molecule is CN(C)C(=O)Cc1ccc(NC(=O)c2ccc(N(C)C)cc2)cc1. The van der Waals surface area contributed by atoms with E-state index >= 15 is 0 Å². The Hall–Kier alpha value is -2.82. The molecule has 2 amide bonds. The molecule has 5 heteroatoms. The molecule has 0 bridgehead atoms. The Kier molecular flexibility index (Phi) is 5.58. The Balaban J connectivity index is 2.00. The van der Waals surface area contributed by atoms with Gasteiger partial charge in [0.25, 0.3) is 5.91 Å². The molecule has 0 heterocycles. The molecule has 0 aliphatic heterocycles. The van der Waals surface area contributed by atoms with E-state index in [0.717, 1.165) is 11.3 Å². The first-order chi connectivity index (χ1) is 11.4. The number of likely N-dealkylation sites (N-methyl/N-ethyl adjacent to an activating group) is 1. The van der Waals surface area contributed by atoms with Gasteiger partial charge < -0.3 is 15.1 Å². The van der Waals surface area contributed by atoms with E-state index in [1.807, 2.05) is 55.4 Å². The molecular weight excluding hydrogens is 302 g/mol. The molecule has 0 atom stereocenters. The highest BCUT2D eigenvalue weighted by Crippen LogP contribution is 2.15. The van der Waals surface area contributed by atoms with Crippen LogP contribution in [0.15, 0.2) is 48.5 Å². The van der Waals surface area contributed by atoms with Crippen molar-refractivity contribution in [1.82, 2.24) is 4.90 Å². The Morgan fingerprint density at radius 2 is 1.46 bits per heavy atom. The number of hydrogen-bond donors (Lipinski definition) is 1. The molecule has 2 aromatic carbocycles. The average molecular weight is 325 g/mol. The molecule has 0 unspecified atom stereocenters. The smallest absolute Gasteiger partial charge is 0.255 e. The molecule has 0 saturated carbocycles. The summed E-state index contributed by atoms with van der Waals surface area (Å²) in [6.07, 6.45) is 0.354. The van der Waals surface area contributed by atoms with E-state index in [1.165, 1.54) is 0 Å². The summed E-state index contributed by atoms with van der Waals surface area (Å²) >= 11 is 0. The van der Waals surface area contributed by atoms with Crippen LogP contribution in [-0.4, -0.2) is 44.9 Å². The number of amides is 2. The zero-order chi connectivity index (χ0) is 17.7. The summed E-state index contributed by atoms with van der Waals surface area (Å²) in [6, 6.07) is 14.7. The van der Waals surface area contributed by atoms with Crippen molar-refractivity contribution in [2.24, 2.45) is 0 Å². The molecule has 0 fully saturated rings. The summed E-state index contributed by atoms with van der Waals surface area (Å²) in [4.78, 5) is 27.5. The lowest BCUT2D eigenvalue weighted by molar-refractivity contribution is -0.127. The van der Waals surface area contributed by atoms with Crippen molar-refractivity contribution in [1.29, 1.82) is 0 Å². The molecule has 24 heavy (non-hydrogen) atoms. The summed E-state index contributed by atoms with van der Waals surface area (Å²) in [6.45, 7) is 0. The third kappa shape index (κ3) is 4.59. The molecule has 0 spiro atoms. The predicted molar refractivity (Wildman–Crippen MR) is 97.6 cm³/mol. The molecule has 2 aromatic rings. The van der Waals surface area contributed by atoms with E-state index in [-0.39, 0.29) is 11.8 Å². The van der Waals surface area contributed by atoms with Gasteiger partial charge in [0.2, 0.25) is 5.91 Å². The predicted octanol–water partition coefficient (Wildman–Crippen LogP) is 2.64. The van der Waals surface area contributed by atoms with Gasteiger partial charge in [-0.2, -0.15) is 0 Å². The van der Waals surface area contributed by atoms with Crippen LogP contribution in [0.3, 0.4) is 0 Å². The Labute approximate surface area is 142 Å². The second-order valence-corrected chi connectivity index (χ2v) is 6.06. The van der Waals surface area contributed by atoms with Gasteiger partial charge in [-0.15, -0.1) is 0 Å². The van der Waals surface area contributed by atoms with Gasteiger partial charge in [0.05, 0.1) is 6.42 Å². The molecule has 0 aromatic heterocycles. The van der Waals surface area contributed by atoms with Gasteiger partial charge in [-0.1, -0.05) is 12.1 Å².